The third-order valence-corrected chi connectivity index (χ3v) is 5.86. The van der Waals surface area contributed by atoms with Crippen molar-refractivity contribution >= 4 is 40.1 Å². The second-order valence-corrected chi connectivity index (χ2v) is 8.91. The first-order chi connectivity index (χ1) is 19.6. The molecule has 0 aliphatic rings. The number of rotatable bonds is 19. The lowest BCUT2D eigenvalue weighted by Crippen LogP contribution is -2.27. The first-order valence-electron chi connectivity index (χ1n) is 12.8. The maximum absolute atomic E-state index is 12.0. The minimum Gasteiger partial charge on any atom is -0.447 e. The van der Waals surface area contributed by atoms with Crippen LogP contribution >= 0.6 is 0 Å². The summed E-state index contributed by atoms with van der Waals surface area (Å²) in [6.45, 7) is 0.861. The van der Waals surface area contributed by atoms with Crippen molar-refractivity contribution in [2.75, 3.05) is 23.7 Å². The van der Waals surface area contributed by atoms with Crippen LogP contribution in [-0.4, -0.2) is 40.1 Å². The number of nitro benzene ring substituents is 3. The van der Waals surface area contributed by atoms with E-state index in [1.165, 1.54) is 30.3 Å². The zero-order chi connectivity index (χ0) is 30.2. The van der Waals surface area contributed by atoms with Gasteiger partial charge in [0.2, 0.25) is 0 Å². The molecule has 0 saturated heterocycles. The lowest BCUT2D eigenvalue weighted by Gasteiger charge is -2.13. The maximum atomic E-state index is 12.0. The molecule has 0 aliphatic heterocycles. The average Bonchev–Trinajstić information content (AvgIpc) is 2.92. The van der Waals surface area contributed by atoms with Crippen molar-refractivity contribution in [3.05, 3.63) is 77.2 Å². The van der Waals surface area contributed by atoms with Gasteiger partial charge in [-0.15, -0.1) is 0 Å². The summed E-state index contributed by atoms with van der Waals surface area (Å²) in [5.74, 6) is -0.415. The van der Waals surface area contributed by atoms with Gasteiger partial charge in [-0.2, -0.15) is 0 Å². The predicted octanol–water partition coefficient (Wildman–Crippen LogP) is 5.83. The number of anilines is 2. The molecular weight excluding hydrogens is 542 g/mol. The summed E-state index contributed by atoms with van der Waals surface area (Å²) in [4.78, 5) is 45.9. The molecule has 220 valence electrons. The van der Waals surface area contributed by atoms with Gasteiger partial charge in [-0.3, -0.25) is 40.9 Å². The van der Waals surface area contributed by atoms with Crippen LogP contribution in [0.25, 0.3) is 10.4 Å². The lowest BCUT2D eigenvalue weighted by atomic mass is 10.1. The number of ether oxygens (including phenoxy) is 1. The van der Waals surface area contributed by atoms with Crippen LogP contribution in [0.5, 0.6) is 0 Å². The van der Waals surface area contributed by atoms with Crippen molar-refractivity contribution in [2.45, 2.75) is 57.6 Å². The van der Waals surface area contributed by atoms with Gasteiger partial charge in [0.15, 0.2) is 6.23 Å². The molecule has 0 amide bonds. The van der Waals surface area contributed by atoms with Crippen LogP contribution in [0, 0.1) is 30.3 Å². The van der Waals surface area contributed by atoms with Gasteiger partial charge >= 0.3 is 5.97 Å². The summed E-state index contributed by atoms with van der Waals surface area (Å²) < 4.78 is 5.22. The molecule has 0 aliphatic carbocycles. The Morgan fingerprint density at radius 1 is 0.878 bits per heavy atom. The summed E-state index contributed by atoms with van der Waals surface area (Å²) >= 11 is 0. The van der Waals surface area contributed by atoms with Crippen LogP contribution in [0.4, 0.5) is 34.1 Å². The third kappa shape index (κ3) is 11.3. The van der Waals surface area contributed by atoms with Crippen molar-refractivity contribution < 1.29 is 24.3 Å². The highest BCUT2D eigenvalue weighted by Crippen LogP contribution is 2.30. The Morgan fingerprint density at radius 3 is 2.05 bits per heavy atom. The number of non-ortho nitro benzene ring substituents is 1. The van der Waals surface area contributed by atoms with E-state index in [9.17, 15) is 35.1 Å². The Morgan fingerprint density at radius 2 is 1.46 bits per heavy atom. The van der Waals surface area contributed by atoms with Crippen LogP contribution in [0.1, 0.15) is 51.4 Å². The Kier molecular flexibility index (Phi) is 13.2. The number of unbranched alkanes of at least 4 members (excludes halogenated alkanes) is 4. The largest absolute Gasteiger partial charge is 0.447 e. The van der Waals surface area contributed by atoms with Gasteiger partial charge in [-0.1, -0.05) is 24.0 Å². The van der Waals surface area contributed by atoms with Crippen LogP contribution in [0.15, 0.2) is 41.5 Å². The lowest BCUT2D eigenvalue weighted by molar-refractivity contribution is -0.393. The van der Waals surface area contributed by atoms with Gasteiger partial charge in [-0.05, 0) is 49.8 Å². The highest BCUT2D eigenvalue weighted by Gasteiger charge is 2.19. The number of azide groups is 1. The molecule has 2 rings (SSSR count). The molecular formula is C24H31N9O8. The van der Waals surface area contributed by atoms with E-state index in [-0.39, 0.29) is 34.9 Å². The number of nitro groups is 3. The number of nitrogens with two attached hydrogens (primary N) is 1. The van der Waals surface area contributed by atoms with Crippen molar-refractivity contribution in [1.29, 1.82) is 0 Å². The molecule has 2 aromatic carbocycles. The highest BCUT2D eigenvalue weighted by molar-refractivity contribution is 5.69. The first kappa shape index (κ1) is 32.2. The number of hydrogen-bond donors (Lipinski definition) is 3. The minimum absolute atomic E-state index is 0.145. The molecule has 17 nitrogen and oxygen atoms in total. The molecule has 1 atom stereocenters. The standard InChI is InChI=1S/C24H31N9O8/c25-23(7-3-1-5-13-28-20-12-10-18(31(35)36)16-22(20)33(39)40)41-24(34)8-4-2-6-14-27-19-11-9-17(29-30-26)15-21(19)32(37)38/h9-12,15-16,23,27-28H,1-8,13-14,25H2. The molecule has 0 saturated carbocycles. The Labute approximate surface area is 234 Å². The molecule has 1 unspecified atom stereocenters. The average molecular weight is 574 g/mol. The monoisotopic (exact) mass is 573 g/mol. The zero-order valence-electron chi connectivity index (χ0n) is 22.1. The molecule has 41 heavy (non-hydrogen) atoms. The highest BCUT2D eigenvalue weighted by atomic mass is 16.6. The van der Waals surface area contributed by atoms with Gasteiger partial charge < -0.3 is 15.4 Å². The SMILES string of the molecule is [N-]=[N+]=Nc1ccc(NCCCCCC(=O)OC(N)CCCCCNc2ccc([N+](=O)[O-])cc2[N+](=O)[O-])c([N+](=O)[O-])c1. The molecule has 0 heterocycles. The maximum Gasteiger partial charge on any atom is 0.307 e. The Balaban J connectivity index is 1.58. The number of nitrogens with one attached hydrogen (secondary N) is 2. The zero-order valence-corrected chi connectivity index (χ0v) is 22.1. The second kappa shape index (κ2) is 16.8. The number of benzene rings is 2. The summed E-state index contributed by atoms with van der Waals surface area (Å²) in [6.07, 6.45) is 3.83. The minimum atomic E-state index is -0.748. The summed E-state index contributed by atoms with van der Waals surface area (Å²) in [5.41, 5.74) is 14.1. The van der Waals surface area contributed by atoms with E-state index in [2.05, 4.69) is 20.7 Å². The Hall–Kier alpha value is -5.02. The third-order valence-electron chi connectivity index (χ3n) is 5.86. The van der Waals surface area contributed by atoms with E-state index in [1.807, 2.05) is 0 Å². The van der Waals surface area contributed by atoms with Crippen molar-refractivity contribution in [3.8, 4) is 0 Å². The molecule has 0 aromatic heterocycles. The van der Waals surface area contributed by atoms with Gasteiger partial charge in [0.05, 0.1) is 20.8 Å². The molecule has 0 bridgehead atoms. The van der Waals surface area contributed by atoms with Crippen molar-refractivity contribution in [2.24, 2.45) is 10.8 Å². The van der Waals surface area contributed by atoms with Gasteiger partial charge in [-0.25, -0.2) is 0 Å². The number of nitrogens with zero attached hydrogens (tertiary/aromatic N) is 6. The number of esters is 1. The number of hydrogen-bond acceptors (Lipinski definition) is 12. The van der Waals surface area contributed by atoms with E-state index >= 15 is 0 Å². The summed E-state index contributed by atoms with van der Waals surface area (Å²) in [5, 5.41) is 42.5. The fourth-order valence-electron chi connectivity index (χ4n) is 3.82. The molecule has 0 spiro atoms. The fourth-order valence-corrected chi connectivity index (χ4v) is 3.82. The predicted molar refractivity (Wildman–Crippen MR) is 150 cm³/mol. The van der Waals surface area contributed by atoms with E-state index in [0.717, 1.165) is 12.5 Å². The van der Waals surface area contributed by atoms with Gasteiger partial charge in [0.1, 0.15) is 11.4 Å². The van der Waals surface area contributed by atoms with E-state index in [0.29, 0.717) is 57.3 Å². The molecule has 0 fully saturated rings. The summed E-state index contributed by atoms with van der Waals surface area (Å²) in [6, 6.07) is 7.55. The van der Waals surface area contributed by atoms with E-state index < -0.39 is 27.0 Å². The Bertz CT molecular complexity index is 1280. The molecule has 2 aromatic rings. The number of carbonyl (C=O) groups excluding carboxylic acids is 1. The summed E-state index contributed by atoms with van der Waals surface area (Å²) in [7, 11) is 0. The van der Waals surface area contributed by atoms with Crippen LogP contribution in [0.3, 0.4) is 0 Å². The number of carbonyl (C=O) groups is 1. The van der Waals surface area contributed by atoms with Gasteiger partial charge in [0, 0.05) is 42.2 Å². The van der Waals surface area contributed by atoms with Crippen molar-refractivity contribution in [3.63, 3.8) is 0 Å². The quantitative estimate of drug-likeness (QED) is 0.0263. The van der Waals surface area contributed by atoms with Gasteiger partial charge in [0.25, 0.3) is 17.1 Å². The fraction of sp³-hybridized carbons (Fsp3) is 0.458. The molecule has 17 heteroatoms. The second-order valence-electron chi connectivity index (χ2n) is 8.91. The topological polar surface area (TPSA) is 255 Å². The molecule has 4 N–H and O–H groups in total. The van der Waals surface area contributed by atoms with E-state index in [4.69, 9.17) is 16.0 Å². The normalized spacial score (nSPS) is 11.1. The molecule has 0 radical (unpaired) electrons. The van der Waals surface area contributed by atoms with Crippen LogP contribution in [0.2, 0.25) is 0 Å². The smallest absolute Gasteiger partial charge is 0.307 e. The van der Waals surface area contributed by atoms with Crippen LogP contribution in [-0.2, 0) is 9.53 Å². The van der Waals surface area contributed by atoms with Crippen molar-refractivity contribution in [1.82, 2.24) is 0 Å². The van der Waals surface area contributed by atoms with E-state index in [1.54, 1.807) is 0 Å². The van der Waals surface area contributed by atoms with Crippen LogP contribution < -0.4 is 16.4 Å². The first-order valence-corrected chi connectivity index (χ1v) is 12.8.